The molecule has 0 fully saturated rings. The van der Waals surface area contributed by atoms with Crippen LogP contribution in [-0.2, 0) is 11.8 Å². The minimum absolute atomic E-state index is 0.131. The lowest BCUT2D eigenvalue weighted by molar-refractivity contribution is -0.494. The number of benzene rings is 1. The van der Waals surface area contributed by atoms with E-state index in [1.807, 2.05) is 58.6 Å². The van der Waals surface area contributed by atoms with Crippen LogP contribution >= 0.6 is 0 Å². The zero-order valence-electron chi connectivity index (χ0n) is 15.2. The Kier molecular flexibility index (Phi) is 4.62. The van der Waals surface area contributed by atoms with E-state index in [0.29, 0.717) is 11.6 Å². The molecule has 134 valence electrons. The molecule has 0 unspecified atom stereocenters. The molecule has 0 aliphatic rings. The quantitative estimate of drug-likeness (QED) is 0.736. The molecule has 3 rings (SSSR count). The Morgan fingerprint density at radius 2 is 1.88 bits per heavy atom. The summed E-state index contributed by atoms with van der Waals surface area (Å²) in [6.07, 6.45) is 1.51. The number of hydrogen-bond donors (Lipinski definition) is 1. The maximum absolute atomic E-state index is 11.8. The molecule has 2 aromatic heterocycles. The van der Waals surface area contributed by atoms with Crippen molar-refractivity contribution in [2.24, 2.45) is 7.05 Å². The molecule has 0 aliphatic heterocycles. The Labute approximate surface area is 151 Å². The van der Waals surface area contributed by atoms with Crippen LogP contribution in [0, 0.1) is 0 Å². The van der Waals surface area contributed by atoms with Gasteiger partial charge in [0.05, 0.1) is 7.05 Å². The van der Waals surface area contributed by atoms with E-state index in [0.717, 1.165) is 16.9 Å². The Balaban J connectivity index is 2.04. The molecule has 0 saturated carbocycles. The second kappa shape index (κ2) is 6.87. The molecule has 0 saturated heterocycles. The average molecular weight is 353 g/mol. The summed E-state index contributed by atoms with van der Waals surface area (Å²) >= 11 is 0. The van der Waals surface area contributed by atoms with E-state index in [4.69, 9.17) is 4.74 Å². The largest absolute Gasteiger partial charge is 0.414 e. The number of nitrogens with zero attached hydrogens (tertiary/aromatic N) is 3. The van der Waals surface area contributed by atoms with Gasteiger partial charge in [0.2, 0.25) is 11.5 Å². The number of ether oxygens (including phenoxy) is 1. The predicted molar refractivity (Wildman–Crippen MR) is 98.0 cm³/mol. The predicted octanol–water partition coefficient (Wildman–Crippen LogP) is 2.45. The molecule has 0 atom stereocenters. The lowest BCUT2D eigenvalue weighted by atomic mass is 10.1. The minimum Gasteiger partial charge on any atom is -0.410 e. The molecular formula is C19H21N4O3+. The van der Waals surface area contributed by atoms with Gasteiger partial charge in [-0.25, -0.2) is 14.5 Å². The van der Waals surface area contributed by atoms with Crippen LogP contribution in [0.5, 0.6) is 5.75 Å². The van der Waals surface area contributed by atoms with Crippen LogP contribution in [0.2, 0.25) is 0 Å². The normalized spacial score (nSPS) is 10.6. The van der Waals surface area contributed by atoms with Crippen molar-refractivity contribution in [3.8, 4) is 17.0 Å². The van der Waals surface area contributed by atoms with Gasteiger partial charge >= 0.3 is 6.09 Å². The molecule has 1 N–H and O–H groups in total. The summed E-state index contributed by atoms with van der Waals surface area (Å²) in [6.45, 7) is 1.48. The van der Waals surface area contributed by atoms with Crippen LogP contribution in [0.25, 0.3) is 16.9 Å². The molecular weight excluding hydrogens is 332 g/mol. The summed E-state index contributed by atoms with van der Waals surface area (Å²) in [5.41, 5.74) is 2.74. The van der Waals surface area contributed by atoms with E-state index in [1.165, 1.54) is 11.8 Å². The number of rotatable bonds is 3. The van der Waals surface area contributed by atoms with Crippen LogP contribution in [0.1, 0.15) is 6.92 Å². The number of aromatic nitrogens is 2. The van der Waals surface area contributed by atoms with Gasteiger partial charge in [0.25, 0.3) is 5.91 Å². The number of amides is 2. The first kappa shape index (κ1) is 17.5. The maximum Gasteiger partial charge on any atom is 0.414 e. The van der Waals surface area contributed by atoms with Crippen LogP contribution in [-0.4, -0.2) is 35.6 Å². The average Bonchev–Trinajstić information content (AvgIpc) is 2.93. The smallest absolute Gasteiger partial charge is 0.410 e. The minimum atomic E-state index is -0.429. The number of pyridine rings is 1. The van der Waals surface area contributed by atoms with Gasteiger partial charge < -0.3 is 9.64 Å². The van der Waals surface area contributed by atoms with E-state index in [-0.39, 0.29) is 5.91 Å². The molecule has 7 heteroatoms. The Hall–Kier alpha value is -3.35. The van der Waals surface area contributed by atoms with E-state index in [9.17, 15) is 9.59 Å². The summed E-state index contributed by atoms with van der Waals surface area (Å²) in [4.78, 5) is 24.6. The number of anilines is 1. The molecule has 0 spiro atoms. The standard InChI is InChI=1S/C19H20N4O3/c1-13(24)20-17-9-6-10-18-22(4)16(12-23(17)18)14-7-5-8-15(11-14)26-19(25)21(2)3/h5-12H,1-4H3/p+1. The van der Waals surface area contributed by atoms with Gasteiger partial charge in [-0.15, -0.1) is 0 Å². The van der Waals surface area contributed by atoms with Crippen molar-refractivity contribution in [2.75, 3.05) is 19.4 Å². The summed E-state index contributed by atoms with van der Waals surface area (Å²) in [5, 5.41) is 2.83. The highest BCUT2D eigenvalue weighted by atomic mass is 16.6. The number of carbonyl (C=O) groups excluding carboxylic acids is 2. The summed E-state index contributed by atoms with van der Waals surface area (Å²) in [7, 11) is 5.22. The Morgan fingerprint density at radius 1 is 1.15 bits per heavy atom. The fourth-order valence-corrected chi connectivity index (χ4v) is 2.71. The van der Waals surface area contributed by atoms with Gasteiger partial charge in [-0.1, -0.05) is 12.1 Å². The molecule has 7 nitrogen and oxygen atoms in total. The first-order valence-corrected chi connectivity index (χ1v) is 8.14. The van der Waals surface area contributed by atoms with Crippen LogP contribution in [0.4, 0.5) is 10.6 Å². The third-order valence-electron chi connectivity index (χ3n) is 3.97. The fourth-order valence-electron chi connectivity index (χ4n) is 2.71. The third kappa shape index (κ3) is 3.37. The number of carbonyl (C=O) groups is 2. The topological polar surface area (TPSA) is 67.7 Å². The Morgan fingerprint density at radius 3 is 2.58 bits per heavy atom. The van der Waals surface area contributed by atoms with Crippen molar-refractivity contribution in [1.82, 2.24) is 9.47 Å². The van der Waals surface area contributed by atoms with E-state index in [2.05, 4.69) is 5.32 Å². The van der Waals surface area contributed by atoms with E-state index >= 15 is 0 Å². The summed E-state index contributed by atoms with van der Waals surface area (Å²) in [5.74, 6) is 1.03. The lowest BCUT2D eigenvalue weighted by Gasteiger charge is -2.11. The van der Waals surface area contributed by atoms with Gasteiger partial charge in [-0.2, -0.15) is 0 Å². The van der Waals surface area contributed by atoms with Crippen molar-refractivity contribution < 1.29 is 18.7 Å². The molecule has 1 aromatic carbocycles. The number of fused-ring (bicyclic) bond motifs is 1. The maximum atomic E-state index is 11.8. The van der Waals surface area contributed by atoms with Gasteiger partial charge in [0, 0.05) is 38.7 Å². The zero-order valence-corrected chi connectivity index (χ0v) is 15.2. The molecule has 2 amide bonds. The highest BCUT2D eigenvalue weighted by Crippen LogP contribution is 2.25. The van der Waals surface area contributed by atoms with Crippen molar-refractivity contribution in [3.05, 3.63) is 48.7 Å². The molecule has 0 aliphatic carbocycles. The van der Waals surface area contributed by atoms with Crippen molar-refractivity contribution in [2.45, 2.75) is 6.92 Å². The Bertz CT molecular complexity index is 992. The SMILES string of the molecule is CC(=O)Nc1cccc2n(C)c(-c3cccc(OC(=O)N(C)C)c3)c[n+]12. The second-order valence-electron chi connectivity index (χ2n) is 6.18. The number of aryl methyl sites for hydroxylation is 1. The number of hydrogen-bond acceptors (Lipinski definition) is 3. The van der Waals surface area contributed by atoms with Gasteiger partial charge in [0.15, 0.2) is 0 Å². The lowest BCUT2D eigenvalue weighted by Crippen LogP contribution is -2.26. The van der Waals surface area contributed by atoms with Crippen molar-refractivity contribution in [3.63, 3.8) is 0 Å². The van der Waals surface area contributed by atoms with Gasteiger partial charge in [0.1, 0.15) is 17.6 Å². The van der Waals surface area contributed by atoms with Gasteiger partial charge in [-0.3, -0.25) is 9.36 Å². The summed E-state index contributed by atoms with van der Waals surface area (Å²) < 4.78 is 9.27. The molecule has 0 bridgehead atoms. The number of imidazole rings is 1. The highest BCUT2D eigenvalue weighted by molar-refractivity contribution is 5.87. The van der Waals surface area contributed by atoms with E-state index in [1.54, 1.807) is 20.2 Å². The van der Waals surface area contributed by atoms with Crippen LogP contribution in [0.3, 0.4) is 0 Å². The molecule has 26 heavy (non-hydrogen) atoms. The third-order valence-corrected chi connectivity index (χ3v) is 3.97. The molecule has 2 heterocycles. The molecule has 3 aromatic rings. The monoisotopic (exact) mass is 353 g/mol. The zero-order chi connectivity index (χ0) is 18.8. The second-order valence-corrected chi connectivity index (χ2v) is 6.18. The van der Waals surface area contributed by atoms with Crippen molar-refractivity contribution in [1.29, 1.82) is 0 Å². The summed E-state index contributed by atoms with van der Waals surface area (Å²) in [6, 6.07) is 13.0. The first-order valence-electron chi connectivity index (χ1n) is 8.14. The van der Waals surface area contributed by atoms with E-state index < -0.39 is 6.09 Å². The fraction of sp³-hybridized carbons (Fsp3) is 0.211. The highest BCUT2D eigenvalue weighted by Gasteiger charge is 2.18. The first-order chi connectivity index (χ1) is 12.4. The van der Waals surface area contributed by atoms with Gasteiger partial charge in [-0.05, 0) is 18.2 Å². The van der Waals surface area contributed by atoms with Crippen LogP contribution < -0.4 is 14.5 Å². The van der Waals surface area contributed by atoms with Crippen molar-refractivity contribution >= 4 is 23.5 Å². The molecule has 0 radical (unpaired) electrons. The number of nitrogens with one attached hydrogen (secondary N) is 1. The van der Waals surface area contributed by atoms with Crippen LogP contribution in [0.15, 0.2) is 48.7 Å².